The zero-order valence-electron chi connectivity index (χ0n) is 14.7. The van der Waals surface area contributed by atoms with Gasteiger partial charge in [-0.3, -0.25) is 9.69 Å². The Kier molecular flexibility index (Phi) is 6.08. The van der Waals surface area contributed by atoms with Crippen molar-refractivity contribution < 1.29 is 14.1 Å². The first-order valence-corrected chi connectivity index (χ1v) is 9.66. The molecule has 2 aromatic heterocycles. The van der Waals surface area contributed by atoms with E-state index in [1.54, 1.807) is 17.0 Å². The molecule has 0 bridgehead atoms. The summed E-state index contributed by atoms with van der Waals surface area (Å²) in [6, 6.07) is 10.9. The van der Waals surface area contributed by atoms with E-state index in [0.717, 1.165) is 24.2 Å². The van der Waals surface area contributed by atoms with Crippen molar-refractivity contribution in [2.45, 2.75) is 6.42 Å². The van der Waals surface area contributed by atoms with Gasteiger partial charge in [0, 0.05) is 28.9 Å². The number of amides is 1. The van der Waals surface area contributed by atoms with Gasteiger partial charge in [-0.2, -0.15) is 0 Å². The molecule has 26 heavy (non-hydrogen) atoms. The average Bonchev–Trinajstić information content (AvgIpc) is 3.30. The maximum atomic E-state index is 12.8. The van der Waals surface area contributed by atoms with Crippen molar-refractivity contribution in [1.82, 2.24) is 4.98 Å². The van der Waals surface area contributed by atoms with Gasteiger partial charge in [-0.15, -0.1) is 11.3 Å². The zero-order chi connectivity index (χ0) is 18.5. The minimum absolute atomic E-state index is 0.166. The molecule has 1 aromatic carbocycles. The highest BCUT2D eigenvalue weighted by molar-refractivity contribution is 7.14. The molecule has 0 unspecified atom stereocenters. The van der Waals surface area contributed by atoms with Crippen LogP contribution in [0.25, 0.3) is 11.3 Å². The lowest BCUT2D eigenvalue weighted by Crippen LogP contribution is -3.05. The number of nitrogens with zero attached hydrogens (tertiary/aromatic N) is 2. The van der Waals surface area contributed by atoms with E-state index in [9.17, 15) is 4.79 Å². The minimum Gasteiger partial charge on any atom is -0.459 e. The van der Waals surface area contributed by atoms with Gasteiger partial charge in [0.15, 0.2) is 10.9 Å². The summed E-state index contributed by atoms with van der Waals surface area (Å²) < 4.78 is 5.30. The minimum atomic E-state index is -0.166. The van der Waals surface area contributed by atoms with Crippen molar-refractivity contribution in [3.05, 3.63) is 58.8 Å². The fourth-order valence-corrected chi connectivity index (χ4v) is 3.53. The number of nitrogens with one attached hydrogen (secondary N) is 1. The van der Waals surface area contributed by atoms with E-state index in [2.05, 4.69) is 19.1 Å². The van der Waals surface area contributed by atoms with E-state index < -0.39 is 0 Å². The summed E-state index contributed by atoms with van der Waals surface area (Å²) in [5, 5.41) is 3.31. The average molecular weight is 391 g/mol. The Morgan fingerprint density at radius 2 is 2.04 bits per heavy atom. The maximum Gasteiger partial charge on any atom is 0.295 e. The van der Waals surface area contributed by atoms with Gasteiger partial charge >= 0.3 is 0 Å². The second-order valence-corrected chi connectivity index (χ2v) is 7.54. The second kappa shape index (κ2) is 8.49. The summed E-state index contributed by atoms with van der Waals surface area (Å²) in [4.78, 5) is 20.6. The molecule has 136 valence electrons. The molecule has 3 aromatic rings. The molecule has 7 heteroatoms. The van der Waals surface area contributed by atoms with Gasteiger partial charge in [0.2, 0.25) is 0 Å². The van der Waals surface area contributed by atoms with Crippen molar-refractivity contribution >= 4 is 34.0 Å². The third-order valence-electron chi connectivity index (χ3n) is 3.90. The van der Waals surface area contributed by atoms with Gasteiger partial charge in [0.05, 0.1) is 32.6 Å². The third kappa shape index (κ3) is 4.52. The van der Waals surface area contributed by atoms with Gasteiger partial charge in [-0.1, -0.05) is 23.7 Å². The van der Waals surface area contributed by atoms with Gasteiger partial charge in [-0.05, 0) is 24.3 Å². The molecule has 3 rings (SSSR count). The number of benzene rings is 1. The number of quaternary nitrogens is 1. The Labute approximate surface area is 161 Å². The molecule has 0 saturated carbocycles. The summed E-state index contributed by atoms with van der Waals surface area (Å²) in [5.74, 6) is 0.159. The van der Waals surface area contributed by atoms with Gasteiger partial charge < -0.3 is 9.32 Å². The highest BCUT2D eigenvalue weighted by Crippen LogP contribution is 2.29. The Morgan fingerprint density at radius 3 is 2.69 bits per heavy atom. The first-order valence-electron chi connectivity index (χ1n) is 8.40. The molecule has 5 nitrogen and oxygen atoms in total. The molecular weight excluding hydrogens is 370 g/mol. The number of anilines is 1. The zero-order valence-corrected chi connectivity index (χ0v) is 16.3. The van der Waals surface area contributed by atoms with Crippen molar-refractivity contribution in [3.8, 4) is 11.3 Å². The number of aromatic nitrogens is 1. The van der Waals surface area contributed by atoms with Crippen LogP contribution in [-0.2, 0) is 0 Å². The largest absolute Gasteiger partial charge is 0.459 e. The Morgan fingerprint density at radius 1 is 1.27 bits per heavy atom. The molecule has 1 amide bonds. The van der Waals surface area contributed by atoms with Crippen molar-refractivity contribution in [3.63, 3.8) is 0 Å². The molecule has 0 spiro atoms. The van der Waals surface area contributed by atoms with Crippen molar-refractivity contribution in [2.75, 3.05) is 32.1 Å². The normalized spacial score (nSPS) is 11.1. The Bertz CT molecular complexity index is 844. The number of halogens is 1. The van der Waals surface area contributed by atoms with E-state index in [4.69, 9.17) is 16.0 Å². The number of thiazole rings is 1. The lowest BCUT2D eigenvalue weighted by atomic mass is 10.2. The number of carbonyl (C=O) groups excluding carboxylic acids is 1. The second-order valence-electron chi connectivity index (χ2n) is 6.27. The van der Waals surface area contributed by atoms with Gasteiger partial charge in [0.25, 0.3) is 5.91 Å². The number of carbonyl (C=O) groups is 1. The highest BCUT2D eigenvalue weighted by atomic mass is 35.5. The van der Waals surface area contributed by atoms with E-state index in [1.807, 2.05) is 29.6 Å². The maximum absolute atomic E-state index is 12.8. The molecule has 0 fully saturated rings. The van der Waals surface area contributed by atoms with Crippen molar-refractivity contribution in [1.29, 1.82) is 0 Å². The topological polar surface area (TPSA) is 50.8 Å². The fraction of sp³-hybridized carbons (Fsp3) is 0.263. The predicted molar refractivity (Wildman–Crippen MR) is 105 cm³/mol. The van der Waals surface area contributed by atoms with E-state index >= 15 is 0 Å². The monoisotopic (exact) mass is 390 g/mol. The first-order chi connectivity index (χ1) is 12.5. The number of hydrogen-bond acceptors (Lipinski definition) is 4. The lowest BCUT2D eigenvalue weighted by molar-refractivity contribution is -0.858. The van der Waals surface area contributed by atoms with Crippen LogP contribution in [0.1, 0.15) is 17.0 Å². The number of hydrogen-bond donors (Lipinski definition) is 1. The van der Waals surface area contributed by atoms with Crippen molar-refractivity contribution in [2.24, 2.45) is 0 Å². The number of furan rings is 1. The molecule has 0 saturated heterocycles. The third-order valence-corrected chi connectivity index (χ3v) is 5.01. The first kappa shape index (κ1) is 18.6. The number of rotatable bonds is 7. The molecule has 2 heterocycles. The molecule has 1 N–H and O–H groups in total. The summed E-state index contributed by atoms with van der Waals surface area (Å²) >= 11 is 7.41. The smallest absolute Gasteiger partial charge is 0.295 e. The summed E-state index contributed by atoms with van der Waals surface area (Å²) in [6.07, 6.45) is 2.39. The standard InChI is InChI=1S/C19H20ClN3O2S/c1-22(2)10-4-11-23(18(24)17-5-3-12-25-17)19-21-16(13-26-19)14-6-8-15(20)9-7-14/h3,5-9,12-13H,4,10-11H2,1-2H3/p+1. The van der Waals surface area contributed by atoms with Crippen LogP contribution in [0.15, 0.2) is 52.5 Å². The highest BCUT2D eigenvalue weighted by Gasteiger charge is 2.23. The van der Waals surface area contributed by atoms with Crippen LogP contribution >= 0.6 is 22.9 Å². The molecular formula is C19H21ClN3O2S+. The van der Waals surface area contributed by atoms with Crippen LogP contribution in [0, 0.1) is 0 Å². The summed E-state index contributed by atoms with van der Waals surface area (Å²) in [5.41, 5.74) is 1.80. The van der Waals surface area contributed by atoms with Crippen LogP contribution in [0.5, 0.6) is 0 Å². The molecule has 0 atom stereocenters. The molecule has 0 aliphatic rings. The summed E-state index contributed by atoms with van der Waals surface area (Å²) in [6.45, 7) is 1.57. The van der Waals surface area contributed by atoms with Gasteiger partial charge in [0.1, 0.15) is 0 Å². The van der Waals surface area contributed by atoms with Crippen LogP contribution < -0.4 is 9.80 Å². The molecule has 0 aliphatic carbocycles. The quantitative estimate of drug-likeness (QED) is 0.673. The van der Waals surface area contributed by atoms with E-state index in [1.165, 1.54) is 22.5 Å². The summed E-state index contributed by atoms with van der Waals surface area (Å²) in [7, 11) is 4.20. The van der Waals surface area contributed by atoms with E-state index in [-0.39, 0.29) is 5.91 Å². The predicted octanol–water partition coefficient (Wildman–Crippen LogP) is 3.24. The van der Waals surface area contributed by atoms with Crippen LogP contribution in [0.2, 0.25) is 5.02 Å². The SMILES string of the molecule is C[NH+](C)CCCN(C(=O)c1ccco1)c1nc(-c2ccc(Cl)cc2)cs1. The Hall–Kier alpha value is -2.15. The lowest BCUT2D eigenvalue weighted by Gasteiger charge is -2.19. The van der Waals surface area contributed by atoms with Crippen LogP contribution in [-0.4, -0.2) is 38.1 Å². The van der Waals surface area contributed by atoms with E-state index in [0.29, 0.717) is 22.5 Å². The molecule has 0 aliphatic heterocycles. The fourth-order valence-electron chi connectivity index (χ4n) is 2.55. The van der Waals surface area contributed by atoms with Gasteiger partial charge in [-0.25, -0.2) is 4.98 Å². The Balaban J connectivity index is 1.84. The van der Waals surface area contributed by atoms with Crippen LogP contribution in [0.3, 0.4) is 0 Å². The van der Waals surface area contributed by atoms with Crippen LogP contribution in [0.4, 0.5) is 5.13 Å². The molecule has 0 radical (unpaired) electrons.